The van der Waals surface area contributed by atoms with Crippen molar-refractivity contribution in [2.45, 2.75) is 13.1 Å². The summed E-state index contributed by atoms with van der Waals surface area (Å²) in [4.78, 5) is 11.9. The zero-order chi connectivity index (χ0) is 14.5. The SMILES string of the molecule is Cc1nc(N2CC3CN(C)CC3C2)cc(C(F)(F)F)n1. The summed E-state index contributed by atoms with van der Waals surface area (Å²) in [6.07, 6.45) is -4.42. The van der Waals surface area contributed by atoms with E-state index < -0.39 is 11.9 Å². The fraction of sp³-hybridized carbons (Fsp3) is 0.692. The molecule has 20 heavy (non-hydrogen) atoms. The van der Waals surface area contributed by atoms with Gasteiger partial charge in [-0.1, -0.05) is 0 Å². The molecule has 0 amide bonds. The number of nitrogens with zero attached hydrogens (tertiary/aromatic N) is 4. The van der Waals surface area contributed by atoms with Crippen LogP contribution in [0, 0.1) is 18.8 Å². The van der Waals surface area contributed by atoms with Gasteiger partial charge in [-0.2, -0.15) is 13.2 Å². The third-order valence-corrected chi connectivity index (χ3v) is 4.11. The Morgan fingerprint density at radius 3 is 2.25 bits per heavy atom. The van der Waals surface area contributed by atoms with Crippen LogP contribution in [0.25, 0.3) is 0 Å². The van der Waals surface area contributed by atoms with E-state index in [9.17, 15) is 13.2 Å². The topological polar surface area (TPSA) is 32.3 Å². The van der Waals surface area contributed by atoms with Gasteiger partial charge in [-0.05, 0) is 25.8 Å². The Labute approximate surface area is 115 Å². The molecule has 110 valence electrons. The molecule has 0 saturated carbocycles. The van der Waals surface area contributed by atoms with E-state index in [2.05, 4.69) is 21.9 Å². The van der Waals surface area contributed by atoms with Gasteiger partial charge in [-0.15, -0.1) is 0 Å². The molecule has 3 rings (SSSR count). The van der Waals surface area contributed by atoms with Crippen molar-refractivity contribution in [3.8, 4) is 0 Å². The molecule has 0 bridgehead atoms. The van der Waals surface area contributed by atoms with Gasteiger partial charge < -0.3 is 9.80 Å². The molecule has 7 heteroatoms. The minimum atomic E-state index is -4.42. The Morgan fingerprint density at radius 1 is 1.10 bits per heavy atom. The summed E-state index contributed by atoms with van der Waals surface area (Å²) in [5, 5.41) is 0. The predicted molar refractivity (Wildman–Crippen MR) is 68.5 cm³/mol. The number of aromatic nitrogens is 2. The first-order chi connectivity index (χ1) is 9.33. The van der Waals surface area contributed by atoms with Crippen LogP contribution in [0.1, 0.15) is 11.5 Å². The van der Waals surface area contributed by atoms with E-state index in [0.717, 1.165) is 32.2 Å². The maximum atomic E-state index is 12.8. The van der Waals surface area contributed by atoms with Gasteiger partial charge in [0, 0.05) is 32.2 Å². The number of anilines is 1. The molecule has 1 aromatic heterocycles. The number of halogens is 3. The summed E-state index contributed by atoms with van der Waals surface area (Å²) in [7, 11) is 2.08. The van der Waals surface area contributed by atoms with Crippen molar-refractivity contribution >= 4 is 5.82 Å². The first kappa shape index (κ1) is 13.6. The lowest BCUT2D eigenvalue weighted by molar-refractivity contribution is -0.141. The van der Waals surface area contributed by atoms with Crippen LogP contribution in [0.5, 0.6) is 0 Å². The maximum absolute atomic E-state index is 12.8. The van der Waals surface area contributed by atoms with Gasteiger partial charge >= 0.3 is 6.18 Å². The van der Waals surface area contributed by atoms with Crippen LogP contribution < -0.4 is 4.90 Å². The monoisotopic (exact) mass is 286 g/mol. The molecule has 0 aliphatic carbocycles. The fourth-order valence-electron chi connectivity index (χ4n) is 3.27. The maximum Gasteiger partial charge on any atom is 0.433 e. The van der Waals surface area contributed by atoms with E-state index in [1.807, 2.05) is 4.90 Å². The van der Waals surface area contributed by atoms with Crippen molar-refractivity contribution in [2.75, 3.05) is 38.1 Å². The van der Waals surface area contributed by atoms with Gasteiger partial charge in [0.25, 0.3) is 0 Å². The zero-order valence-corrected chi connectivity index (χ0v) is 11.5. The van der Waals surface area contributed by atoms with E-state index >= 15 is 0 Å². The first-order valence-corrected chi connectivity index (χ1v) is 6.69. The highest BCUT2D eigenvalue weighted by atomic mass is 19.4. The van der Waals surface area contributed by atoms with Gasteiger partial charge in [0.05, 0.1) is 0 Å². The molecule has 0 spiro atoms. The lowest BCUT2D eigenvalue weighted by atomic mass is 10.0. The normalized spacial score (nSPS) is 27.1. The van der Waals surface area contributed by atoms with Crippen molar-refractivity contribution < 1.29 is 13.2 Å². The van der Waals surface area contributed by atoms with Crippen LogP contribution in [0.15, 0.2) is 6.07 Å². The number of hydrogen-bond donors (Lipinski definition) is 0. The molecule has 0 N–H and O–H groups in total. The molecule has 4 nitrogen and oxygen atoms in total. The van der Waals surface area contributed by atoms with Crippen molar-refractivity contribution in [1.29, 1.82) is 0 Å². The van der Waals surface area contributed by atoms with E-state index in [1.54, 1.807) is 0 Å². The summed E-state index contributed by atoms with van der Waals surface area (Å²) in [6.45, 7) is 5.09. The standard InChI is InChI=1S/C13H17F3N4/c1-8-17-11(13(14,15)16)3-12(18-8)20-6-9-4-19(2)5-10(9)7-20/h3,9-10H,4-7H2,1-2H3. The molecule has 0 radical (unpaired) electrons. The number of alkyl halides is 3. The first-order valence-electron chi connectivity index (χ1n) is 6.69. The van der Waals surface area contributed by atoms with E-state index in [4.69, 9.17) is 0 Å². The van der Waals surface area contributed by atoms with Gasteiger partial charge in [0.15, 0.2) is 0 Å². The second kappa shape index (κ2) is 4.58. The van der Waals surface area contributed by atoms with Crippen LogP contribution in [-0.2, 0) is 6.18 Å². The number of likely N-dealkylation sites (tertiary alicyclic amines) is 1. The van der Waals surface area contributed by atoms with Crippen molar-refractivity contribution in [2.24, 2.45) is 11.8 Å². The summed E-state index contributed by atoms with van der Waals surface area (Å²) in [5.74, 6) is 1.64. The van der Waals surface area contributed by atoms with E-state index in [1.165, 1.54) is 6.92 Å². The molecule has 0 aromatic carbocycles. The Kier molecular flexibility index (Phi) is 3.12. The Morgan fingerprint density at radius 2 is 1.70 bits per heavy atom. The highest BCUT2D eigenvalue weighted by molar-refractivity contribution is 5.42. The Balaban J connectivity index is 1.83. The van der Waals surface area contributed by atoms with Crippen molar-refractivity contribution in [3.05, 3.63) is 17.6 Å². The summed E-state index contributed by atoms with van der Waals surface area (Å²) in [5.41, 5.74) is -0.853. The molecule has 2 fully saturated rings. The number of aryl methyl sites for hydroxylation is 1. The van der Waals surface area contributed by atoms with Crippen LogP contribution in [0.3, 0.4) is 0 Å². The number of rotatable bonds is 1. The second-order valence-corrected chi connectivity index (χ2v) is 5.80. The molecule has 1 aromatic rings. The van der Waals surface area contributed by atoms with E-state index in [-0.39, 0.29) is 5.82 Å². The Bertz CT molecular complexity index is 503. The average molecular weight is 286 g/mol. The van der Waals surface area contributed by atoms with Gasteiger partial charge in [0.1, 0.15) is 17.3 Å². The van der Waals surface area contributed by atoms with Crippen LogP contribution in [0.4, 0.5) is 19.0 Å². The lowest BCUT2D eigenvalue weighted by Gasteiger charge is -2.21. The molecule has 2 saturated heterocycles. The fourth-order valence-corrected chi connectivity index (χ4v) is 3.27. The minimum Gasteiger partial charge on any atom is -0.356 e. The number of hydrogen-bond acceptors (Lipinski definition) is 4. The third kappa shape index (κ3) is 2.46. The van der Waals surface area contributed by atoms with Crippen LogP contribution in [-0.4, -0.2) is 48.1 Å². The third-order valence-electron chi connectivity index (χ3n) is 4.11. The molecule has 2 atom stereocenters. The molecular weight excluding hydrogens is 269 g/mol. The molecule has 2 aliphatic heterocycles. The van der Waals surface area contributed by atoms with E-state index in [0.29, 0.717) is 17.7 Å². The van der Waals surface area contributed by atoms with Gasteiger partial charge in [0.2, 0.25) is 0 Å². The quantitative estimate of drug-likeness (QED) is 0.788. The molecular formula is C13H17F3N4. The van der Waals surface area contributed by atoms with Crippen LogP contribution in [0.2, 0.25) is 0 Å². The summed E-state index contributed by atoms with van der Waals surface area (Å²) < 4.78 is 38.4. The lowest BCUT2D eigenvalue weighted by Crippen LogP contribution is -2.28. The molecule has 2 unspecified atom stereocenters. The summed E-state index contributed by atoms with van der Waals surface area (Å²) in [6, 6.07) is 1.07. The zero-order valence-electron chi connectivity index (χ0n) is 11.5. The van der Waals surface area contributed by atoms with Crippen LogP contribution >= 0.6 is 0 Å². The molecule has 3 heterocycles. The van der Waals surface area contributed by atoms with Crippen molar-refractivity contribution in [3.63, 3.8) is 0 Å². The molecule has 2 aliphatic rings. The minimum absolute atomic E-state index is 0.170. The van der Waals surface area contributed by atoms with Gasteiger partial charge in [-0.25, -0.2) is 9.97 Å². The smallest absolute Gasteiger partial charge is 0.356 e. The number of fused-ring (bicyclic) bond motifs is 1. The second-order valence-electron chi connectivity index (χ2n) is 5.80. The predicted octanol–water partition coefficient (Wildman–Crippen LogP) is 1.80. The highest BCUT2D eigenvalue weighted by Gasteiger charge is 2.40. The summed E-state index contributed by atoms with van der Waals surface area (Å²) >= 11 is 0. The average Bonchev–Trinajstić information content (AvgIpc) is 2.84. The Hall–Kier alpha value is -1.37. The highest BCUT2D eigenvalue weighted by Crippen LogP contribution is 2.34. The van der Waals surface area contributed by atoms with Gasteiger partial charge in [-0.3, -0.25) is 0 Å². The largest absolute Gasteiger partial charge is 0.433 e. The van der Waals surface area contributed by atoms with Crippen molar-refractivity contribution in [1.82, 2.24) is 14.9 Å².